The zero-order valence-corrected chi connectivity index (χ0v) is 12.3. The fourth-order valence-electron chi connectivity index (χ4n) is 2.33. The molecule has 7 heteroatoms. The molecule has 0 amide bonds. The standard InChI is InChI=1S/C13H24N4O3/c1-3-19-11(2)13-14-12(20-15-13)10-17-6-4-16(5-7-17)8-9-18/h11,18H,3-10H2,1-2H3. The van der Waals surface area contributed by atoms with Crippen molar-refractivity contribution in [1.82, 2.24) is 19.9 Å². The first-order valence-electron chi connectivity index (χ1n) is 7.22. The molecule has 114 valence electrons. The van der Waals surface area contributed by atoms with Gasteiger partial charge in [0.2, 0.25) is 5.89 Å². The molecular formula is C13H24N4O3. The molecule has 7 nitrogen and oxygen atoms in total. The Labute approximate surface area is 119 Å². The Hall–Kier alpha value is -1.02. The van der Waals surface area contributed by atoms with Crippen LogP contribution >= 0.6 is 0 Å². The van der Waals surface area contributed by atoms with Crippen LogP contribution in [0.2, 0.25) is 0 Å². The van der Waals surface area contributed by atoms with E-state index in [2.05, 4.69) is 19.9 Å². The predicted octanol–water partition coefficient (Wildman–Crippen LogP) is 0.277. The number of aromatic nitrogens is 2. The van der Waals surface area contributed by atoms with Crippen LogP contribution in [0.25, 0.3) is 0 Å². The van der Waals surface area contributed by atoms with Gasteiger partial charge in [0.1, 0.15) is 6.10 Å². The lowest BCUT2D eigenvalue weighted by atomic mass is 10.3. The predicted molar refractivity (Wildman–Crippen MR) is 73.1 cm³/mol. The van der Waals surface area contributed by atoms with E-state index in [-0.39, 0.29) is 12.7 Å². The minimum atomic E-state index is -0.126. The van der Waals surface area contributed by atoms with Gasteiger partial charge in [0.25, 0.3) is 0 Å². The minimum Gasteiger partial charge on any atom is -0.395 e. The first-order chi connectivity index (χ1) is 9.72. The van der Waals surface area contributed by atoms with Crippen molar-refractivity contribution in [3.05, 3.63) is 11.7 Å². The highest BCUT2D eigenvalue weighted by molar-refractivity contribution is 4.90. The van der Waals surface area contributed by atoms with Crippen molar-refractivity contribution in [2.45, 2.75) is 26.5 Å². The van der Waals surface area contributed by atoms with Gasteiger partial charge < -0.3 is 14.4 Å². The molecule has 1 saturated heterocycles. The molecule has 0 saturated carbocycles. The zero-order chi connectivity index (χ0) is 14.4. The molecule has 1 aromatic rings. The minimum absolute atomic E-state index is 0.126. The van der Waals surface area contributed by atoms with E-state index in [9.17, 15) is 0 Å². The third-order valence-electron chi connectivity index (χ3n) is 3.50. The Kier molecular flexibility index (Phi) is 5.90. The second-order valence-electron chi connectivity index (χ2n) is 4.99. The Morgan fingerprint density at radius 3 is 2.65 bits per heavy atom. The van der Waals surface area contributed by atoms with Crippen LogP contribution in [0.4, 0.5) is 0 Å². The van der Waals surface area contributed by atoms with E-state index >= 15 is 0 Å². The number of rotatable bonds is 7. The maximum absolute atomic E-state index is 8.92. The molecule has 1 N–H and O–H groups in total. The summed E-state index contributed by atoms with van der Waals surface area (Å²) < 4.78 is 10.7. The van der Waals surface area contributed by atoms with Crippen molar-refractivity contribution in [1.29, 1.82) is 0 Å². The molecule has 0 aromatic carbocycles. The van der Waals surface area contributed by atoms with Gasteiger partial charge in [0, 0.05) is 39.3 Å². The van der Waals surface area contributed by atoms with E-state index in [0.717, 1.165) is 32.7 Å². The lowest BCUT2D eigenvalue weighted by Crippen LogP contribution is -2.46. The number of hydrogen-bond donors (Lipinski definition) is 1. The van der Waals surface area contributed by atoms with Crippen molar-refractivity contribution in [2.24, 2.45) is 0 Å². The van der Waals surface area contributed by atoms with E-state index in [4.69, 9.17) is 14.4 Å². The molecule has 2 rings (SSSR count). The molecular weight excluding hydrogens is 260 g/mol. The smallest absolute Gasteiger partial charge is 0.240 e. The average Bonchev–Trinajstić information content (AvgIpc) is 2.90. The molecule has 0 bridgehead atoms. The van der Waals surface area contributed by atoms with Crippen molar-refractivity contribution in [3.8, 4) is 0 Å². The average molecular weight is 284 g/mol. The maximum atomic E-state index is 8.92. The van der Waals surface area contributed by atoms with Gasteiger partial charge in [-0.1, -0.05) is 5.16 Å². The molecule has 1 aromatic heterocycles. The zero-order valence-electron chi connectivity index (χ0n) is 12.3. The van der Waals surface area contributed by atoms with Gasteiger partial charge in [-0.25, -0.2) is 0 Å². The maximum Gasteiger partial charge on any atom is 0.240 e. The van der Waals surface area contributed by atoms with Crippen molar-refractivity contribution in [2.75, 3.05) is 45.9 Å². The van der Waals surface area contributed by atoms with E-state index in [1.807, 2.05) is 13.8 Å². The van der Waals surface area contributed by atoms with Crippen LogP contribution in [0, 0.1) is 0 Å². The second kappa shape index (κ2) is 7.68. The summed E-state index contributed by atoms with van der Waals surface area (Å²) in [4.78, 5) is 8.93. The summed E-state index contributed by atoms with van der Waals surface area (Å²) in [6.45, 7) is 10.0. The fraction of sp³-hybridized carbons (Fsp3) is 0.846. The Morgan fingerprint density at radius 1 is 1.30 bits per heavy atom. The third-order valence-corrected chi connectivity index (χ3v) is 3.50. The van der Waals surface area contributed by atoms with Crippen LogP contribution in [0.1, 0.15) is 31.7 Å². The fourth-order valence-corrected chi connectivity index (χ4v) is 2.33. The van der Waals surface area contributed by atoms with E-state index < -0.39 is 0 Å². The van der Waals surface area contributed by atoms with E-state index in [1.165, 1.54) is 0 Å². The number of nitrogens with zero attached hydrogens (tertiary/aromatic N) is 4. The number of hydrogen-bond acceptors (Lipinski definition) is 7. The van der Waals surface area contributed by atoms with Crippen LogP contribution < -0.4 is 0 Å². The van der Waals surface area contributed by atoms with Gasteiger partial charge in [0.15, 0.2) is 5.82 Å². The molecule has 0 radical (unpaired) electrons. The van der Waals surface area contributed by atoms with Crippen LogP contribution in [0.5, 0.6) is 0 Å². The molecule has 1 fully saturated rings. The topological polar surface area (TPSA) is 74.9 Å². The lowest BCUT2D eigenvalue weighted by Gasteiger charge is -2.33. The Morgan fingerprint density at radius 2 is 2.00 bits per heavy atom. The highest BCUT2D eigenvalue weighted by Crippen LogP contribution is 2.14. The summed E-state index contributed by atoms with van der Waals surface area (Å²) in [6, 6.07) is 0. The highest BCUT2D eigenvalue weighted by Gasteiger charge is 2.20. The van der Waals surface area contributed by atoms with Gasteiger partial charge >= 0.3 is 0 Å². The largest absolute Gasteiger partial charge is 0.395 e. The second-order valence-corrected chi connectivity index (χ2v) is 4.99. The molecule has 20 heavy (non-hydrogen) atoms. The highest BCUT2D eigenvalue weighted by atomic mass is 16.5. The number of ether oxygens (including phenoxy) is 1. The van der Waals surface area contributed by atoms with Crippen LogP contribution in [-0.4, -0.2) is 71.0 Å². The van der Waals surface area contributed by atoms with Gasteiger partial charge in [-0.05, 0) is 13.8 Å². The number of β-amino-alcohol motifs (C(OH)–C–C–N with tert-alkyl or cyclic N) is 1. The third kappa shape index (κ3) is 4.24. The van der Waals surface area contributed by atoms with E-state index in [0.29, 0.717) is 24.9 Å². The van der Waals surface area contributed by atoms with Gasteiger partial charge in [-0.3, -0.25) is 9.80 Å². The van der Waals surface area contributed by atoms with Crippen LogP contribution in [-0.2, 0) is 11.3 Å². The van der Waals surface area contributed by atoms with Crippen LogP contribution in [0.3, 0.4) is 0 Å². The summed E-state index contributed by atoms with van der Waals surface area (Å²) in [5.41, 5.74) is 0. The van der Waals surface area contributed by atoms with E-state index in [1.54, 1.807) is 0 Å². The molecule has 0 aliphatic carbocycles. The number of aliphatic hydroxyl groups is 1. The number of aliphatic hydroxyl groups excluding tert-OH is 1. The SMILES string of the molecule is CCOC(C)c1noc(CN2CCN(CCO)CC2)n1. The Bertz CT molecular complexity index is 391. The van der Waals surface area contributed by atoms with Crippen molar-refractivity contribution >= 4 is 0 Å². The molecule has 0 spiro atoms. The van der Waals surface area contributed by atoms with Gasteiger partial charge in [-0.2, -0.15) is 4.98 Å². The van der Waals surface area contributed by atoms with Gasteiger partial charge in [0.05, 0.1) is 13.2 Å². The molecule has 1 unspecified atom stereocenters. The molecule has 1 aliphatic heterocycles. The summed E-state index contributed by atoms with van der Waals surface area (Å²) in [5.74, 6) is 1.25. The van der Waals surface area contributed by atoms with Crippen LogP contribution in [0.15, 0.2) is 4.52 Å². The molecule has 1 aliphatic rings. The quantitative estimate of drug-likeness (QED) is 0.770. The summed E-state index contributed by atoms with van der Waals surface area (Å²) in [7, 11) is 0. The van der Waals surface area contributed by atoms with Crippen molar-refractivity contribution < 1.29 is 14.4 Å². The van der Waals surface area contributed by atoms with Gasteiger partial charge in [-0.15, -0.1) is 0 Å². The van der Waals surface area contributed by atoms with Crippen molar-refractivity contribution in [3.63, 3.8) is 0 Å². The first kappa shape index (κ1) is 15.4. The normalized spacial score (nSPS) is 19.4. The monoisotopic (exact) mass is 284 g/mol. The first-order valence-corrected chi connectivity index (χ1v) is 7.22. The summed E-state index contributed by atoms with van der Waals surface area (Å²) in [5, 5.41) is 12.9. The lowest BCUT2D eigenvalue weighted by molar-refractivity contribution is 0.0683. The Balaban J connectivity index is 1.79. The number of piperazine rings is 1. The molecule has 1 atom stereocenters. The molecule has 2 heterocycles. The summed E-state index contributed by atoms with van der Waals surface area (Å²) >= 11 is 0. The summed E-state index contributed by atoms with van der Waals surface area (Å²) in [6.07, 6.45) is -0.126.